The van der Waals surface area contributed by atoms with Crippen molar-refractivity contribution in [2.24, 2.45) is 11.3 Å². The lowest BCUT2D eigenvalue weighted by atomic mass is 9.92. The molecule has 1 aliphatic carbocycles. The third-order valence-electron chi connectivity index (χ3n) is 4.68. The van der Waals surface area contributed by atoms with Crippen LogP contribution in [-0.4, -0.2) is 25.1 Å². The second kappa shape index (κ2) is 7.29. The molecule has 2 fully saturated rings. The van der Waals surface area contributed by atoms with Gasteiger partial charge in [-0.25, -0.2) is 0 Å². The average Bonchev–Trinajstić information content (AvgIpc) is 3.16. The molecule has 1 aromatic rings. The number of ether oxygens (including phenoxy) is 1. The molecule has 1 aromatic carbocycles. The summed E-state index contributed by atoms with van der Waals surface area (Å²) in [5.41, 5.74) is 0.898. The highest BCUT2D eigenvalue weighted by atomic mass is 35.5. The number of carbonyl (C=O) groups is 1. The zero-order chi connectivity index (χ0) is 15.7. The van der Waals surface area contributed by atoms with E-state index in [1.807, 2.05) is 26.0 Å². The van der Waals surface area contributed by atoms with Gasteiger partial charge in [0.1, 0.15) is 0 Å². The first-order valence-electron chi connectivity index (χ1n) is 7.99. The van der Waals surface area contributed by atoms with Crippen molar-refractivity contribution in [2.45, 2.75) is 39.2 Å². The molecule has 3 rings (SSSR count). The van der Waals surface area contributed by atoms with Gasteiger partial charge in [-0.3, -0.25) is 4.79 Å². The number of halogens is 2. The number of rotatable bonds is 4. The lowest BCUT2D eigenvalue weighted by molar-refractivity contribution is -0.118. The minimum absolute atomic E-state index is 0. The Morgan fingerprint density at radius 3 is 2.74 bits per heavy atom. The summed E-state index contributed by atoms with van der Waals surface area (Å²) in [5, 5.41) is 6.91. The second-order valence-electron chi connectivity index (χ2n) is 6.64. The van der Waals surface area contributed by atoms with E-state index < -0.39 is 0 Å². The van der Waals surface area contributed by atoms with Gasteiger partial charge in [-0.2, -0.15) is 0 Å². The molecule has 0 aromatic heterocycles. The Labute approximate surface area is 148 Å². The number of hydrogen-bond donors (Lipinski definition) is 2. The first kappa shape index (κ1) is 18.4. The fourth-order valence-electron chi connectivity index (χ4n) is 3.38. The summed E-state index contributed by atoms with van der Waals surface area (Å²) >= 11 is 6.21. The van der Waals surface area contributed by atoms with E-state index in [0.717, 1.165) is 32.4 Å². The number of nitrogens with one attached hydrogen (secondary N) is 2. The number of hydrogen-bond acceptors (Lipinski definition) is 3. The largest absolute Gasteiger partial charge is 0.487 e. The molecule has 6 heteroatoms. The van der Waals surface area contributed by atoms with Gasteiger partial charge in [-0.15, -0.1) is 12.4 Å². The highest BCUT2D eigenvalue weighted by Gasteiger charge is 2.57. The van der Waals surface area contributed by atoms with Crippen molar-refractivity contribution in [3.05, 3.63) is 23.2 Å². The fourth-order valence-corrected chi connectivity index (χ4v) is 3.60. The van der Waals surface area contributed by atoms with E-state index >= 15 is 0 Å². The lowest BCUT2D eigenvalue weighted by Crippen LogP contribution is -2.31. The van der Waals surface area contributed by atoms with Crippen LogP contribution < -0.4 is 15.4 Å². The number of anilines is 1. The van der Waals surface area contributed by atoms with Gasteiger partial charge in [0.2, 0.25) is 5.91 Å². The molecule has 1 atom stereocenters. The SMILES string of the molecule is CC(C)Oc1c(Cl)cccc1NC(=O)C1CC12CCNCC2.Cl. The normalized spacial score (nSPS) is 21.7. The predicted octanol–water partition coefficient (Wildman–Crippen LogP) is 3.88. The van der Waals surface area contributed by atoms with Crippen molar-refractivity contribution >= 4 is 35.6 Å². The van der Waals surface area contributed by atoms with Crippen LogP contribution in [0.5, 0.6) is 5.75 Å². The van der Waals surface area contributed by atoms with Crippen molar-refractivity contribution in [1.29, 1.82) is 0 Å². The van der Waals surface area contributed by atoms with Crippen LogP contribution in [0.2, 0.25) is 5.02 Å². The number of amides is 1. The molecule has 2 aliphatic rings. The maximum Gasteiger partial charge on any atom is 0.228 e. The molecule has 2 N–H and O–H groups in total. The van der Waals surface area contributed by atoms with Crippen molar-refractivity contribution in [3.8, 4) is 5.75 Å². The van der Waals surface area contributed by atoms with Crippen molar-refractivity contribution in [2.75, 3.05) is 18.4 Å². The summed E-state index contributed by atoms with van der Waals surface area (Å²) in [6.07, 6.45) is 3.19. The third kappa shape index (κ3) is 3.93. The maximum absolute atomic E-state index is 12.6. The third-order valence-corrected chi connectivity index (χ3v) is 4.98. The molecule has 1 aliphatic heterocycles. The maximum atomic E-state index is 12.6. The first-order chi connectivity index (χ1) is 10.5. The van der Waals surface area contributed by atoms with Gasteiger partial charge in [0.15, 0.2) is 5.75 Å². The minimum Gasteiger partial charge on any atom is -0.487 e. The zero-order valence-electron chi connectivity index (χ0n) is 13.5. The van der Waals surface area contributed by atoms with Gasteiger partial charge < -0.3 is 15.4 Å². The van der Waals surface area contributed by atoms with Gasteiger partial charge in [-0.1, -0.05) is 17.7 Å². The average molecular weight is 359 g/mol. The van der Waals surface area contributed by atoms with E-state index in [4.69, 9.17) is 16.3 Å². The number of benzene rings is 1. The standard InChI is InChI=1S/C17H23ClN2O2.ClH/c1-11(2)22-15-13(18)4-3-5-14(15)20-16(21)12-10-17(12)6-8-19-9-7-17;/h3-5,11-12,19H,6-10H2,1-2H3,(H,20,21);1H. The smallest absolute Gasteiger partial charge is 0.228 e. The van der Waals surface area contributed by atoms with E-state index in [-0.39, 0.29) is 35.8 Å². The molecular formula is C17H24Cl2N2O2. The lowest BCUT2D eigenvalue weighted by Gasteiger charge is -2.23. The van der Waals surface area contributed by atoms with Crippen LogP contribution in [0.1, 0.15) is 33.1 Å². The molecule has 23 heavy (non-hydrogen) atoms. The summed E-state index contributed by atoms with van der Waals surface area (Å²) in [6.45, 7) is 5.92. The Balaban J connectivity index is 0.00000192. The van der Waals surface area contributed by atoms with E-state index in [2.05, 4.69) is 10.6 Å². The molecule has 1 saturated heterocycles. The molecule has 4 nitrogen and oxygen atoms in total. The Morgan fingerprint density at radius 1 is 1.39 bits per heavy atom. The molecule has 0 radical (unpaired) electrons. The monoisotopic (exact) mass is 358 g/mol. The fraction of sp³-hybridized carbons (Fsp3) is 0.588. The van der Waals surface area contributed by atoms with Gasteiger partial charge in [0.05, 0.1) is 16.8 Å². The Bertz CT molecular complexity index is 572. The van der Waals surface area contributed by atoms with Crippen LogP contribution in [0, 0.1) is 11.3 Å². The Kier molecular flexibility index (Phi) is 5.82. The van der Waals surface area contributed by atoms with Gasteiger partial charge >= 0.3 is 0 Å². The van der Waals surface area contributed by atoms with Crippen LogP contribution in [0.4, 0.5) is 5.69 Å². The molecule has 1 spiro atoms. The molecular weight excluding hydrogens is 335 g/mol. The van der Waals surface area contributed by atoms with E-state index in [1.54, 1.807) is 6.07 Å². The Morgan fingerprint density at radius 2 is 2.09 bits per heavy atom. The molecule has 0 bridgehead atoms. The van der Waals surface area contributed by atoms with Crippen molar-refractivity contribution in [1.82, 2.24) is 5.32 Å². The number of carbonyl (C=O) groups excluding carboxylic acids is 1. The second-order valence-corrected chi connectivity index (χ2v) is 7.05. The predicted molar refractivity (Wildman–Crippen MR) is 95.7 cm³/mol. The van der Waals surface area contributed by atoms with Crippen LogP contribution in [-0.2, 0) is 4.79 Å². The summed E-state index contributed by atoms with van der Waals surface area (Å²) in [6, 6.07) is 5.46. The number of para-hydroxylation sites is 1. The van der Waals surface area contributed by atoms with Crippen LogP contribution in [0.15, 0.2) is 18.2 Å². The highest BCUT2D eigenvalue weighted by Crippen LogP contribution is 2.59. The molecule has 128 valence electrons. The van der Waals surface area contributed by atoms with Gasteiger partial charge in [0, 0.05) is 5.92 Å². The zero-order valence-corrected chi connectivity index (χ0v) is 15.1. The first-order valence-corrected chi connectivity index (χ1v) is 8.36. The quantitative estimate of drug-likeness (QED) is 0.858. The molecule has 1 unspecified atom stereocenters. The molecule has 1 saturated carbocycles. The highest BCUT2D eigenvalue weighted by molar-refractivity contribution is 6.32. The number of piperidine rings is 1. The summed E-state index contributed by atoms with van der Waals surface area (Å²) in [4.78, 5) is 12.6. The molecule has 1 heterocycles. The summed E-state index contributed by atoms with van der Waals surface area (Å²) in [5.74, 6) is 0.783. The summed E-state index contributed by atoms with van der Waals surface area (Å²) in [7, 11) is 0. The van der Waals surface area contributed by atoms with E-state index in [9.17, 15) is 4.79 Å². The van der Waals surface area contributed by atoms with Gasteiger partial charge in [0.25, 0.3) is 0 Å². The van der Waals surface area contributed by atoms with Crippen LogP contribution >= 0.6 is 24.0 Å². The van der Waals surface area contributed by atoms with Gasteiger partial charge in [-0.05, 0) is 63.7 Å². The van der Waals surface area contributed by atoms with Crippen LogP contribution in [0.25, 0.3) is 0 Å². The summed E-state index contributed by atoms with van der Waals surface area (Å²) < 4.78 is 5.76. The minimum atomic E-state index is 0. The van der Waals surface area contributed by atoms with Crippen molar-refractivity contribution < 1.29 is 9.53 Å². The van der Waals surface area contributed by atoms with Crippen LogP contribution in [0.3, 0.4) is 0 Å². The van der Waals surface area contributed by atoms with Crippen molar-refractivity contribution in [3.63, 3.8) is 0 Å². The molecule has 1 amide bonds. The van der Waals surface area contributed by atoms with E-state index in [0.29, 0.717) is 16.5 Å². The topological polar surface area (TPSA) is 50.4 Å². The van der Waals surface area contributed by atoms with E-state index in [1.165, 1.54) is 0 Å². The Hall–Kier alpha value is -0.970.